The molecule has 1 aromatic carbocycles. The Morgan fingerprint density at radius 2 is 1.89 bits per heavy atom. The van der Waals surface area contributed by atoms with Crippen LogP contribution in [0.15, 0.2) is 47.4 Å². The second kappa shape index (κ2) is 8.75. The molecule has 0 spiro atoms. The molecule has 0 aliphatic rings. The molecule has 2 aromatic rings. The van der Waals surface area contributed by atoms with Crippen molar-refractivity contribution in [3.8, 4) is 5.75 Å². The minimum Gasteiger partial charge on any atom is -0.478 e. The van der Waals surface area contributed by atoms with Gasteiger partial charge in [0.25, 0.3) is 0 Å². The molecule has 0 bridgehead atoms. The average Bonchev–Trinajstić information content (AvgIpc) is 2.89. The zero-order chi connectivity index (χ0) is 20.0. The fourth-order valence-corrected chi connectivity index (χ4v) is 2.76. The molecule has 0 fully saturated rings. The fourth-order valence-electron chi connectivity index (χ4n) is 2.76. The highest BCUT2D eigenvalue weighted by Crippen LogP contribution is 2.20. The van der Waals surface area contributed by atoms with Crippen LogP contribution in [0.4, 0.5) is 0 Å². The van der Waals surface area contributed by atoms with Crippen molar-refractivity contribution >= 4 is 5.97 Å². The van der Waals surface area contributed by atoms with Crippen LogP contribution in [0, 0.1) is 0 Å². The van der Waals surface area contributed by atoms with E-state index >= 15 is 0 Å². The number of aryl methyl sites for hydroxylation is 2. The lowest BCUT2D eigenvalue weighted by atomic mass is 10.1. The number of carbonyl (C=O) groups is 1. The average molecular weight is 372 g/mol. The number of hydrogen-bond acceptors (Lipinski definition) is 3. The number of aliphatic carboxylic acids is 1. The third-order valence-corrected chi connectivity index (χ3v) is 4.52. The van der Waals surface area contributed by atoms with E-state index in [2.05, 4.69) is 0 Å². The van der Waals surface area contributed by atoms with Gasteiger partial charge < -0.3 is 9.84 Å². The van der Waals surface area contributed by atoms with Crippen molar-refractivity contribution in [1.82, 2.24) is 9.13 Å². The highest BCUT2D eigenvalue weighted by Gasteiger charge is 2.29. The summed E-state index contributed by atoms with van der Waals surface area (Å²) >= 11 is 0. The van der Waals surface area contributed by atoms with Crippen LogP contribution in [-0.2, 0) is 31.2 Å². The molecule has 0 aliphatic heterocycles. The van der Waals surface area contributed by atoms with Crippen molar-refractivity contribution in [2.75, 3.05) is 0 Å². The summed E-state index contributed by atoms with van der Waals surface area (Å²) in [6.45, 7) is 5.58. The molecule has 0 saturated carbocycles. The predicted molar refractivity (Wildman–Crippen MR) is 105 cm³/mol. The second-order valence-electron chi connectivity index (χ2n) is 7.10. The first-order chi connectivity index (χ1) is 12.7. The molecule has 0 atom stereocenters. The van der Waals surface area contributed by atoms with Gasteiger partial charge in [0.1, 0.15) is 5.75 Å². The molecule has 1 heterocycles. The zero-order valence-corrected chi connectivity index (χ0v) is 16.4. The summed E-state index contributed by atoms with van der Waals surface area (Å²) in [5, 5.41) is 9.12. The van der Waals surface area contributed by atoms with Crippen LogP contribution in [0.3, 0.4) is 0 Å². The summed E-state index contributed by atoms with van der Waals surface area (Å²) in [5.74, 6) is -0.465. The molecule has 27 heavy (non-hydrogen) atoms. The van der Waals surface area contributed by atoms with Gasteiger partial charge in [0.05, 0.1) is 0 Å². The van der Waals surface area contributed by atoms with E-state index in [0.717, 1.165) is 30.5 Å². The summed E-state index contributed by atoms with van der Waals surface area (Å²) in [6.07, 6.45) is 8.43. The number of hydrogen-bond donors (Lipinski definition) is 1. The highest BCUT2D eigenvalue weighted by molar-refractivity contribution is 5.76. The molecule has 146 valence electrons. The van der Waals surface area contributed by atoms with E-state index in [0.29, 0.717) is 12.3 Å². The summed E-state index contributed by atoms with van der Waals surface area (Å²) in [6, 6.07) is 7.49. The van der Waals surface area contributed by atoms with Crippen molar-refractivity contribution in [3.63, 3.8) is 0 Å². The normalized spacial score (nSPS) is 11.9. The maximum atomic E-state index is 12.2. The molecular formula is C21H28N2O4. The van der Waals surface area contributed by atoms with Crippen LogP contribution in [-0.4, -0.2) is 25.8 Å². The summed E-state index contributed by atoms with van der Waals surface area (Å²) in [7, 11) is 1.81. The first-order valence-corrected chi connectivity index (χ1v) is 9.12. The Morgan fingerprint density at radius 3 is 2.48 bits per heavy atom. The Kier molecular flexibility index (Phi) is 6.66. The molecule has 6 nitrogen and oxygen atoms in total. The van der Waals surface area contributed by atoms with Crippen molar-refractivity contribution in [3.05, 3.63) is 64.4 Å². The molecule has 1 aromatic heterocycles. The number of nitrogens with zero attached hydrogens (tertiary/aromatic N) is 2. The number of aromatic nitrogens is 2. The SMILES string of the molecule is C/C=C/Cn1cc(CCCc2ccc(OC(C)(C)C(=O)O)cc2)n(C)c1=O. The van der Waals surface area contributed by atoms with Crippen LogP contribution < -0.4 is 10.4 Å². The number of carboxylic acids is 1. The van der Waals surface area contributed by atoms with E-state index < -0.39 is 11.6 Å². The lowest BCUT2D eigenvalue weighted by Gasteiger charge is -2.21. The van der Waals surface area contributed by atoms with Gasteiger partial charge in [0.2, 0.25) is 0 Å². The number of ether oxygens (including phenoxy) is 1. The predicted octanol–water partition coefficient (Wildman–Crippen LogP) is 3.18. The van der Waals surface area contributed by atoms with Gasteiger partial charge >= 0.3 is 11.7 Å². The van der Waals surface area contributed by atoms with E-state index in [9.17, 15) is 9.59 Å². The van der Waals surface area contributed by atoms with Crippen LogP contribution in [0.1, 0.15) is 38.4 Å². The van der Waals surface area contributed by atoms with Gasteiger partial charge in [-0.2, -0.15) is 0 Å². The Morgan fingerprint density at radius 1 is 1.22 bits per heavy atom. The van der Waals surface area contributed by atoms with Crippen molar-refractivity contribution < 1.29 is 14.6 Å². The molecule has 0 unspecified atom stereocenters. The fraction of sp³-hybridized carbons (Fsp3) is 0.429. The maximum absolute atomic E-state index is 12.2. The number of carboxylic acid groups (broad SMARTS) is 1. The van der Waals surface area contributed by atoms with E-state index in [-0.39, 0.29) is 5.69 Å². The van der Waals surface area contributed by atoms with Gasteiger partial charge in [-0.15, -0.1) is 0 Å². The topological polar surface area (TPSA) is 73.5 Å². The molecule has 0 amide bonds. The second-order valence-corrected chi connectivity index (χ2v) is 7.10. The van der Waals surface area contributed by atoms with E-state index in [1.165, 1.54) is 13.8 Å². The number of benzene rings is 1. The van der Waals surface area contributed by atoms with Crippen LogP contribution in [0.25, 0.3) is 0 Å². The molecule has 2 rings (SSSR count). The summed E-state index contributed by atoms with van der Waals surface area (Å²) in [5.41, 5.74) is 0.916. The molecule has 1 N–H and O–H groups in total. The monoisotopic (exact) mass is 372 g/mol. The van der Waals surface area contributed by atoms with E-state index in [4.69, 9.17) is 9.84 Å². The molecule has 0 radical (unpaired) electrons. The van der Waals surface area contributed by atoms with Crippen molar-refractivity contribution in [2.24, 2.45) is 7.05 Å². The Balaban J connectivity index is 1.92. The maximum Gasteiger partial charge on any atom is 0.347 e. The first-order valence-electron chi connectivity index (χ1n) is 9.12. The van der Waals surface area contributed by atoms with E-state index in [1.807, 2.05) is 37.4 Å². The van der Waals surface area contributed by atoms with E-state index in [1.54, 1.807) is 28.3 Å². The van der Waals surface area contributed by atoms with Crippen molar-refractivity contribution in [1.29, 1.82) is 0 Å². The molecule has 0 aliphatic carbocycles. The van der Waals surface area contributed by atoms with Gasteiger partial charge in [-0.25, -0.2) is 9.59 Å². The third kappa shape index (κ3) is 5.36. The molecule has 6 heteroatoms. The first kappa shape index (κ1) is 20.6. The van der Waals surface area contributed by atoms with Gasteiger partial charge in [0.15, 0.2) is 5.60 Å². The van der Waals surface area contributed by atoms with Gasteiger partial charge in [0, 0.05) is 25.5 Å². The van der Waals surface area contributed by atoms with Crippen LogP contribution in [0.2, 0.25) is 0 Å². The van der Waals surface area contributed by atoms with Gasteiger partial charge in [-0.3, -0.25) is 9.13 Å². The van der Waals surface area contributed by atoms with Gasteiger partial charge in [-0.1, -0.05) is 24.3 Å². The van der Waals surface area contributed by atoms with Crippen molar-refractivity contribution in [2.45, 2.75) is 52.2 Å². The Bertz CT molecular complexity index is 857. The third-order valence-electron chi connectivity index (χ3n) is 4.52. The molecular weight excluding hydrogens is 344 g/mol. The lowest BCUT2D eigenvalue weighted by Crippen LogP contribution is -2.37. The Hall–Kier alpha value is -2.76. The number of imidazole rings is 1. The quantitative estimate of drug-likeness (QED) is 0.686. The molecule has 0 saturated heterocycles. The minimum absolute atomic E-state index is 0.00523. The summed E-state index contributed by atoms with van der Waals surface area (Å²) in [4.78, 5) is 23.3. The lowest BCUT2D eigenvalue weighted by molar-refractivity contribution is -0.152. The highest BCUT2D eigenvalue weighted by atomic mass is 16.5. The zero-order valence-electron chi connectivity index (χ0n) is 16.4. The summed E-state index contributed by atoms with van der Waals surface area (Å²) < 4.78 is 8.93. The van der Waals surface area contributed by atoms with Crippen LogP contribution >= 0.6 is 0 Å². The van der Waals surface area contributed by atoms with Crippen LogP contribution in [0.5, 0.6) is 5.75 Å². The number of rotatable bonds is 9. The standard InChI is InChI=1S/C21H28N2O4/c1-5-6-14-23-15-17(22(4)20(23)26)9-7-8-16-10-12-18(13-11-16)27-21(2,3)19(24)25/h5-6,10-13,15H,7-9,14H2,1-4H3,(H,24,25)/b6-5+. The number of allylic oxidation sites excluding steroid dienone is 2. The largest absolute Gasteiger partial charge is 0.478 e. The smallest absolute Gasteiger partial charge is 0.347 e. The minimum atomic E-state index is -1.26. The Labute approximate surface area is 159 Å². The van der Waals surface area contributed by atoms with Gasteiger partial charge in [-0.05, 0) is 57.7 Å².